The molecular weight excluding hydrogens is 354 g/mol. The highest BCUT2D eigenvalue weighted by molar-refractivity contribution is 5.94. The van der Waals surface area contributed by atoms with E-state index in [2.05, 4.69) is 5.16 Å². The molecule has 1 aromatic carbocycles. The maximum atomic E-state index is 13.1. The van der Waals surface area contributed by atoms with Crippen LogP contribution in [0.2, 0.25) is 0 Å². The highest BCUT2D eigenvalue weighted by Crippen LogP contribution is 2.38. The van der Waals surface area contributed by atoms with E-state index in [4.69, 9.17) is 4.52 Å². The first-order valence-electron chi connectivity index (χ1n) is 10.1. The van der Waals surface area contributed by atoms with Crippen LogP contribution in [0.25, 0.3) is 0 Å². The van der Waals surface area contributed by atoms with Gasteiger partial charge >= 0.3 is 0 Å². The minimum absolute atomic E-state index is 0.0429. The van der Waals surface area contributed by atoms with Gasteiger partial charge in [-0.2, -0.15) is 0 Å². The van der Waals surface area contributed by atoms with E-state index in [1.807, 2.05) is 61.0 Å². The molecule has 0 radical (unpaired) electrons. The van der Waals surface area contributed by atoms with Crippen LogP contribution in [0, 0.1) is 0 Å². The number of piperidine rings is 1. The molecule has 2 aromatic rings. The van der Waals surface area contributed by atoms with E-state index in [1.54, 1.807) is 6.07 Å². The third-order valence-electron chi connectivity index (χ3n) is 6.15. The number of aromatic nitrogens is 1. The summed E-state index contributed by atoms with van der Waals surface area (Å²) in [4.78, 5) is 29.7. The van der Waals surface area contributed by atoms with Gasteiger partial charge in [-0.25, -0.2) is 0 Å². The fourth-order valence-corrected chi connectivity index (χ4v) is 4.54. The van der Waals surface area contributed by atoms with Crippen LogP contribution < -0.4 is 0 Å². The summed E-state index contributed by atoms with van der Waals surface area (Å²) in [6.45, 7) is 4.03. The van der Waals surface area contributed by atoms with Crippen LogP contribution in [-0.2, 0) is 0 Å². The molecule has 2 aliphatic rings. The molecule has 6 heteroatoms. The smallest absolute Gasteiger partial charge is 0.276 e. The average molecular weight is 381 g/mol. The van der Waals surface area contributed by atoms with Crippen molar-refractivity contribution in [3.63, 3.8) is 0 Å². The molecule has 2 aliphatic heterocycles. The van der Waals surface area contributed by atoms with Gasteiger partial charge in [-0.05, 0) is 37.8 Å². The van der Waals surface area contributed by atoms with Gasteiger partial charge in [-0.1, -0.05) is 37.2 Å². The molecule has 2 bridgehead atoms. The number of amides is 2. The van der Waals surface area contributed by atoms with E-state index >= 15 is 0 Å². The number of carbonyl (C=O) groups excluding carboxylic acids is 2. The van der Waals surface area contributed by atoms with Gasteiger partial charge < -0.3 is 14.3 Å². The summed E-state index contributed by atoms with van der Waals surface area (Å²) in [5.74, 6) is 0.939. The summed E-state index contributed by atoms with van der Waals surface area (Å²) < 4.78 is 5.32. The number of fused-ring (bicyclic) bond motifs is 2. The fraction of sp³-hybridized carbons (Fsp3) is 0.500. The van der Waals surface area contributed by atoms with Crippen molar-refractivity contribution in [1.29, 1.82) is 0 Å². The van der Waals surface area contributed by atoms with Crippen LogP contribution in [0.4, 0.5) is 0 Å². The SMILES string of the molecule is CC(C)c1cc(C(=O)N2C3CCC2CC(N(C)C(=O)c2ccccc2)C3)no1. The van der Waals surface area contributed by atoms with Crippen molar-refractivity contribution in [2.24, 2.45) is 0 Å². The second-order valence-electron chi connectivity index (χ2n) is 8.27. The molecule has 4 rings (SSSR count). The van der Waals surface area contributed by atoms with Crippen molar-refractivity contribution < 1.29 is 14.1 Å². The summed E-state index contributed by atoms with van der Waals surface area (Å²) in [5.41, 5.74) is 1.10. The molecule has 2 amide bonds. The van der Waals surface area contributed by atoms with Crippen LogP contribution in [0.3, 0.4) is 0 Å². The van der Waals surface area contributed by atoms with Crippen molar-refractivity contribution in [2.75, 3.05) is 7.05 Å². The highest BCUT2D eigenvalue weighted by Gasteiger charge is 2.45. The highest BCUT2D eigenvalue weighted by atomic mass is 16.5. The van der Waals surface area contributed by atoms with Crippen molar-refractivity contribution in [2.45, 2.75) is 63.6 Å². The Morgan fingerprint density at radius 1 is 1.14 bits per heavy atom. The zero-order valence-corrected chi connectivity index (χ0v) is 16.7. The molecule has 148 valence electrons. The van der Waals surface area contributed by atoms with Crippen molar-refractivity contribution >= 4 is 11.8 Å². The molecule has 0 N–H and O–H groups in total. The largest absolute Gasteiger partial charge is 0.360 e. The molecule has 6 nitrogen and oxygen atoms in total. The van der Waals surface area contributed by atoms with E-state index in [0.29, 0.717) is 11.3 Å². The van der Waals surface area contributed by atoms with Crippen LogP contribution in [0.1, 0.15) is 72.1 Å². The third kappa shape index (κ3) is 3.32. The van der Waals surface area contributed by atoms with Gasteiger partial charge in [0.05, 0.1) is 0 Å². The lowest BCUT2D eigenvalue weighted by molar-refractivity contribution is 0.0400. The number of hydrogen-bond acceptors (Lipinski definition) is 4. The molecule has 0 saturated carbocycles. The predicted molar refractivity (Wildman–Crippen MR) is 105 cm³/mol. The number of nitrogens with zero attached hydrogens (tertiary/aromatic N) is 3. The Morgan fingerprint density at radius 2 is 1.79 bits per heavy atom. The first kappa shape index (κ1) is 18.7. The lowest BCUT2D eigenvalue weighted by Gasteiger charge is -2.42. The summed E-state index contributed by atoms with van der Waals surface area (Å²) in [6.07, 6.45) is 3.59. The van der Waals surface area contributed by atoms with Crippen molar-refractivity contribution in [1.82, 2.24) is 15.0 Å². The minimum atomic E-state index is -0.0429. The maximum absolute atomic E-state index is 13.1. The van der Waals surface area contributed by atoms with Gasteiger partial charge in [0.2, 0.25) is 0 Å². The van der Waals surface area contributed by atoms with Crippen LogP contribution >= 0.6 is 0 Å². The fourth-order valence-electron chi connectivity index (χ4n) is 4.54. The van der Waals surface area contributed by atoms with Crippen molar-refractivity contribution in [3.05, 3.63) is 53.4 Å². The second kappa shape index (κ2) is 7.41. The average Bonchev–Trinajstić information content (AvgIpc) is 3.30. The van der Waals surface area contributed by atoms with Gasteiger partial charge in [0, 0.05) is 42.7 Å². The van der Waals surface area contributed by atoms with Gasteiger partial charge in [-0.3, -0.25) is 9.59 Å². The Labute approximate surface area is 165 Å². The van der Waals surface area contributed by atoms with E-state index in [0.717, 1.165) is 31.4 Å². The molecule has 2 saturated heterocycles. The second-order valence-corrected chi connectivity index (χ2v) is 8.27. The van der Waals surface area contributed by atoms with E-state index in [9.17, 15) is 9.59 Å². The monoisotopic (exact) mass is 381 g/mol. The zero-order valence-electron chi connectivity index (χ0n) is 16.7. The third-order valence-corrected chi connectivity index (χ3v) is 6.15. The Balaban J connectivity index is 1.47. The maximum Gasteiger partial charge on any atom is 0.276 e. The van der Waals surface area contributed by atoms with E-state index in [1.165, 1.54) is 0 Å². The Bertz CT molecular complexity index is 847. The molecule has 28 heavy (non-hydrogen) atoms. The number of rotatable bonds is 4. The normalized spacial score (nSPS) is 23.9. The van der Waals surface area contributed by atoms with Gasteiger partial charge in [-0.15, -0.1) is 0 Å². The van der Waals surface area contributed by atoms with Gasteiger partial charge in [0.15, 0.2) is 5.69 Å². The van der Waals surface area contributed by atoms with Crippen LogP contribution in [-0.4, -0.2) is 51.9 Å². The molecular formula is C22H27N3O3. The quantitative estimate of drug-likeness (QED) is 0.810. The topological polar surface area (TPSA) is 66.7 Å². The standard InChI is InChI=1S/C22H27N3O3/c1-14(2)20-13-19(23-28-20)22(27)25-16-9-10-17(25)12-18(11-16)24(3)21(26)15-7-5-4-6-8-15/h4-8,13-14,16-18H,9-12H2,1-3H3. The minimum Gasteiger partial charge on any atom is -0.360 e. The lowest BCUT2D eigenvalue weighted by atomic mass is 9.95. The Morgan fingerprint density at radius 3 is 2.36 bits per heavy atom. The summed E-state index contributed by atoms with van der Waals surface area (Å²) >= 11 is 0. The Kier molecular flexibility index (Phi) is 4.96. The first-order valence-corrected chi connectivity index (χ1v) is 10.1. The van der Waals surface area contributed by atoms with Crippen LogP contribution in [0.5, 0.6) is 0 Å². The molecule has 0 aliphatic carbocycles. The predicted octanol–water partition coefficient (Wildman–Crippen LogP) is 3.71. The number of benzene rings is 1. The molecule has 0 spiro atoms. The molecule has 2 unspecified atom stereocenters. The molecule has 2 atom stereocenters. The van der Waals surface area contributed by atoms with Gasteiger partial charge in [0.25, 0.3) is 11.8 Å². The number of carbonyl (C=O) groups is 2. The van der Waals surface area contributed by atoms with Crippen LogP contribution in [0.15, 0.2) is 40.9 Å². The molecule has 1 aromatic heterocycles. The zero-order chi connectivity index (χ0) is 19.8. The lowest BCUT2D eigenvalue weighted by Crippen LogP contribution is -2.52. The Hall–Kier alpha value is -2.63. The number of hydrogen-bond donors (Lipinski definition) is 0. The van der Waals surface area contributed by atoms with Gasteiger partial charge in [0.1, 0.15) is 5.76 Å². The summed E-state index contributed by atoms with van der Waals surface area (Å²) in [5, 5.41) is 4.00. The van der Waals surface area contributed by atoms with E-state index in [-0.39, 0.29) is 35.9 Å². The summed E-state index contributed by atoms with van der Waals surface area (Å²) in [7, 11) is 1.88. The van der Waals surface area contributed by atoms with Crippen molar-refractivity contribution in [3.8, 4) is 0 Å². The summed E-state index contributed by atoms with van der Waals surface area (Å²) in [6, 6.07) is 11.6. The van der Waals surface area contributed by atoms with E-state index < -0.39 is 0 Å². The first-order chi connectivity index (χ1) is 13.5. The molecule has 3 heterocycles. The molecule has 2 fully saturated rings.